The summed E-state index contributed by atoms with van der Waals surface area (Å²) in [4.78, 5) is 11.6. The number of carboxylic acid groups (broad SMARTS) is 1. The molecule has 2 aromatic rings. The molecule has 1 atom stereocenters. The van der Waals surface area contributed by atoms with E-state index in [0.717, 1.165) is 32.1 Å². The minimum atomic E-state index is -3.61. The van der Waals surface area contributed by atoms with Crippen LogP contribution in [0.2, 0.25) is 5.02 Å². The second kappa shape index (κ2) is 12.7. The van der Waals surface area contributed by atoms with E-state index < -0.39 is 21.9 Å². The van der Waals surface area contributed by atoms with Crippen molar-refractivity contribution in [2.24, 2.45) is 11.3 Å². The Balaban J connectivity index is 0.00000385. The summed E-state index contributed by atoms with van der Waals surface area (Å²) < 4.78 is 28.1. The van der Waals surface area contributed by atoms with E-state index in [1.807, 2.05) is 19.1 Å². The molecule has 0 spiro atoms. The zero-order valence-electron chi connectivity index (χ0n) is 19.5. The number of nitrogens with one attached hydrogen (secondary N) is 1. The maximum absolute atomic E-state index is 12.7. The fraction of sp³-hybridized carbons (Fsp3) is 0.480. The molecule has 0 heterocycles. The van der Waals surface area contributed by atoms with Crippen LogP contribution in [0.5, 0.6) is 0 Å². The maximum atomic E-state index is 12.7. The van der Waals surface area contributed by atoms with Crippen LogP contribution in [0.1, 0.15) is 56.6 Å². The molecule has 0 fully saturated rings. The first-order valence-corrected chi connectivity index (χ1v) is 13.1. The minimum absolute atomic E-state index is 0. The number of sulfonamides is 1. The zero-order valence-corrected chi connectivity index (χ0v) is 23.1. The largest absolute Gasteiger partial charge is 1.00 e. The van der Waals surface area contributed by atoms with Crippen molar-refractivity contribution in [3.8, 4) is 0 Å². The fourth-order valence-electron chi connectivity index (χ4n) is 4.85. The molecule has 3 rings (SSSR count). The van der Waals surface area contributed by atoms with Gasteiger partial charge in [-0.25, -0.2) is 13.1 Å². The molecule has 2 aromatic carbocycles. The van der Waals surface area contributed by atoms with Crippen LogP contribution in [0.4, 0.5) is 0 Å². The standard InChI is InChI=1S/C25H32ClNO4S.Na/c1-2-6-19(24(28)29)9-5-14-25(17-20-7-3-4-8-21(20)18-25)15-16-27-32(30,31)23-12-10-22(26)11-13-23;/h3-4,7-8,10-13,19,27H,2,5-6,9,14-18H2,1H3,(H,28,29);/q;+1/p-1. The number of halogens is 1. The smallest absolute Gasteiger partial charge is 0.550 e. The molecular weight excluding hydrogens is 469 g/mol. The first-order valence-electron chi connectivity index (χ1n) is 11.3. The Morgan fingerprint density at radius 2 is 1.67 bits per heavy atom. The van der Waals surface area contributed by atoms with E-state index in [-0.39, 0.29) is 39.9 Å². The van der Waals surface area contributed by atoms with E-state index in [4.69, 9.17) is 11.6 Å². The molecule has 0 bridgehead atoms. The predicted molar refractivity (Wildman–Crippen MR) is 125 cm³/mol. The van der Waals surface area contributed by atoms with Crippen molar-refractivity contribution in [2.75, 3.05) is 6.54 Å². The van der Waals surface area contributed by atoms with Crippen LogP contribution in [-0.2, 0) is 27.7 Å². The number of carbonyl (C=O) groups is 1. The van der Waals surface area contributed by atoms with Crippen molar-refractivity contribution in [2.45, 2.75) is 63.2 Å². The van der Waals surface area contributed by atoms with E-state index in [1.165, 1.54) is 23.3 Å². The average molecular weight is 500 g/mol. The van der Waals surface area contributed by atoms with Crippen molar-refractivity contribution in [1.82, 2.24) is 4.72 Å². The number of hydrogen-bond donors (Lipinski definition) is 1. The third-order valence-electron chi connectivity index (χ3n) is 6.55. The molecule has 0 amide bonds. The van der Waals surface area contributed by atoms with Gasteiger partial charge in [-0.05, 0) is 85.3 Å². The molecule has 1 unspecified atom stereocenters. The van der Waals surface area contributed by atoms with Gasteiger partial charge in [0.1, 0.15) is 0 Å². The van der Waals surface area contributed by atoms with Crippen molar-refractivity contribution in [3.05, 3.63) is 64.7 Å². The van der Waals surface area contributed by atoms with Gasteiger partial charge < -0.3 is 9.90 Å². The molecule has 0 saturated carbocycles. The molecule has 1 aliphatic carbocycles. The SMILES string of the molecule is CCCC(CCCC1(CCNS(=O)(=O)c2ccc(Cl)cc2)Cc2ccccc2C1)C(=O)[O-].[Na+]. The van der Waals surface area contributed by atoms with Crippen LogP contribution in [0.3, 0.4) is 0 Å². The maximum Gasteiger partial charge on any atom is 1.00 e. The van der Waals surface area contributed by atoms with E-state index in [2.05, 4.69) is 16.9 Å². The number of carboxylic acids is 1. The number of hydrogen-bond acceptors (Lipinski definition) is 4. The molecule has 0 aliphatic heterocycles. The van der Waals surface area contributed by atoms with E-state index >= 15 is 0 Å². The summed E-state index contributed by atoms with van der Waals surface area (Å²) in [5.41, 5.74) is 2.53. The van der Waals surface area contributed by atoms with Crippen LogP contribution < -0.4 is 39.4 Å². The van der Waals surface area contributed by atoms with Crippen LogP contribution in [0.25, 0.3) is 0 Å². The molecule has 33 heavy (non-hydrogen) atoms. The summed E-state index contributed by atoms with van der Waals surface area (Å²) in [5, 5.41) is 11.9. The van der Waals surface area contributed by atoms with E-state index in [0.29, 0.717) is 30.8 Å². The van der Waals surface area contributed by atoms with Gasteiger partial charge in [0.15, 0.2) is 0 Å². The van der Waals surface area contributed by atoms with Gasteiger partial charge in [-0.2, -0.15) is 0 Å². The first kappa shape index (κ1) is 28.3. The Labute approximate surface area is 224 Å². The van der Waals surface area contributed by atoms with Gasteiger partial charge >= 0.3 is 29.6 Å². The number of aliphatic carboxylic acids is 1. The van der Waals surface area contributed by atoms with E-state index in [9.17, 15) is 18.3 Å². The molecule has 5 nitrogen and oxygen atoms in total. The first-order chi connectivity index (χ1) is 15.2. The van der Waals surface area contributed by atoms with Gasteiger partial charge in [0.25, 0.3) is 0 Å². The Hall–Kier alpha value is -0.890. The monoisotopic (exact) mass is 499 g/mol. The van der Waals surface area contributed by atoms with Gasteiger partial charge in [0, 0.05) is 17.5 Å². The summed E-state index contributed by atoms with van der Waals surface area (Å²) in [6, 6.07) is 14.5. The molecule has 174 valence electrons. The molecule has 1 aliphatic rings. The molecule has 8 heteroatoms. The second-order valence-corrected chi connectivity index (χ2v) is 11.1. The predicted octanol–water partition coefficient (Wildman–Crippen LogP) is 1.13. The Morgan fingerprint density at radius 3 is 2.21 bits per heavy atom. The topological polar surface area (TPSA) is 86.3 Å². The van der Waals surface area contributed by atoms with Gasteiger partial charge in [-0.3, -0.25) is 0 Å². The van der Waals surface area contributed by atoms with Crippen molar-refractivity contribution in [3.63, 3.8) is 0 Å². The van der Waals surface area contributed by atoms with Gasteiger partial charge in [0.05, 0.1) is 4.90 Å². The van der Waals surface area contributed by atoms with Crippen LogP contribution in [0, 0.1) is 11.3 Å². The Morgan fingerprint density at radius 1 is 1.06 bits per heavy atom. The third-order valence-corrected chi connectivity index (χ3v) is 8.28. The second-order valence-electron chi connectivity index (χ2n) is 8.92. The molecule has 0 radical (unpaired) electrons. The zero-order chi connectivity index (χ0) is 23.2. The van der Waals surface area contributed by atoms with Crippen molar-refractivity contribution >= 4 is 27.6 Å². The quantitative estimate of drug-likeness (QED) is 0.444. The molecule has 0 saturated heterocycles. The van der Waals surface area contributed by atoms with Crippen molar-refractivity contribution in [1.29, 1.82) is 0 Å². The summed E-state index contributed by atoms with van der Waals surface area (Å²) in [6.07, 6.45) is 6.17. The minimum Gasteiger partial charge on any atom is -0.550 e. The van der Waals surface area contributed by atoms with Gasteiger partial charge in [-0.1, -0.05) is 55.6 Å². The number of rotatable bonds is 12. The Bertz CT molecular complexity index is 1000. The normalized spacial score (nSPS) is 15.5. The van der Waals surface area contributed by atoms with Crippen LogP contribution in [-0.4, -0.2) is 20.9 Å². The summed E-state index contributed by atoms with van der Waals surface area (Å²) in [5.74, 6) is -1.38. The van der Waals surface area contributed by atoms with Crippen LogP contribution >= 0.6 is 11.6 Å². The number of fused-ring (bicyclic) bond motifs is 1. The van der Waals surface area contributed by atoms with Gasteiger partial charge in [0.2, 0.25) is 10.0 Å². The van der Waals surface area contributed by atoms with E-state index in [1.54, 1.807) is 12.1 Å². The molecule has 1 N–H and O–H groups in total. The summed E-state index contributed by atoms with van der Waals surface area (Å²) in [6.45, 7) is 2.32. The Kier molecular flexibility index (Phi) is 10.9. The number of benzene rings is 2. The summed E-state index contributed by atoms with van der Waals surface area (Å²) in [7, 11) is -3.61. The third kappa shape index (κ3) is 7.81. The fourth-order valence-corrected chi connectivity index (χ4v) is 6.01. The molecular formula is C25H31ClNNaO4S. The number of carbonyl (C=O) groups excluding carboxylic acids is 1. The molecule has 0 aromatic heterocycles. The summed E-state index contributed by atoms with van der Waals surface area (Å²) >= 11 is 5.87. The van der Waals surface area contributed by atoms with Gasteiger partial charge in [-0.15, -0.1) is 0 Å². The average Bonchev–Trinajstić information content (AvgIpc) is 3.11. The van der Waals surface area contributed by atoms with Crippen molar-refractivity contribution < 1.29 is 47.9 Å². The van der Waals surface area contributed by atoms with Crippen LogP contribution in [0.15, 0.2) is 53.4 Å².